The van der Waals surface area contributed by atoms with Gasteiger partial charge in [0.25, 0.3) is 5.91 Å². The molecule has 1 aliphatic heterocycles. The number of benzene rings is 2. The van der Waals surface area contributed by atoms with E-state index < -0.39 is 11.6 Å². The van der Waals surface area contributed by atoms with Gasteiger partial charge in [-0.05, 0) is 63.6 Å². The summed E-state index contributed by atoms with van der Waals surface area (Å²) in [5.41, 5.74) is 1.78. The van der Waals surface area contributed by atoms with E-state index in [9.17, 15) is 9.59 Å². The molecule has 8 nitrogen and oxygen atoms in total. The van der Waals surface area contributed by atoms with E-state index in [0.29, 0.717) is 28.5 Å². The summed E-state index contributed by atoms with van der Waals surface area (Å²) in [6.07, 6.45) is 0. The fourth-order valence-electron chi connectivity index (χ4n) is 4.14. The maximum Gasteiger partial charge on any atom is 0.260 e. The number of methoxy groups -OCH3 is 2. The van der Waals surface area contributed by atoms with Crippen molar-refractivity contribution in [1.82, 2.24) is 15.2 Å². The molecule has 36 heavy (non-hydrogen) atoms. The van der Waals surface area contributed by atoms with Crippen molar-refractivity contribution in [2.45, 2.75) is 45.8 Å². The van der Waals surface area contributed by atoms with Gasteiger partial charge in [0.15, 0.2) is 11.5 Å². The highest BCUT2D eigenvalue weighted by molar-refractivity contribution is 6.00. The smallest absolute Gasteiger partial charge is 0.260 e. The highest BCUT2D eigenvalue weighted by Gasteiger charge is 2.39. The fraction of sp³-hybridized carbons (Fsp3) is 0.321. The molecule has 4 rings (SSSR count). The molecule has 1 unspecified atom stereocenters. The van der Waals surface area contributed by atoms with Crippen molar-refractivity contribution in [1.29, 1.82) is 0 Å². The zero-order valence-corrected chi connectivity index (χ0v) is 21.4. The molecule has 1 aliphatic rings. The Kier molecular flexibility index (Phi) is 6.88. The van der Waals surface area contributed by atoms with Crippen molar-refractivity contribution >= 4 is 11.8 Å². The number of ether oxygens (including phenoxy) is 3. The molecule has 0 bridgehead atoms. The van der Waals surface area contributed by atoms with Crippen molar-refractivity contribution in [3.8, 4) is 23.1 Å². The van der Waals surface area contributed by atoms with Crippen LogP contribution in [0.15, 0.2) is 54.6 Å². The van der Waals surface area contributed by atoms with E-state index in [1.54, 1.807) is 42.3 Å². The molecule has 0 radical (unpaired) electrons. The van der Waals surface area contributed by atoms with Crippen LogP contribution in [0.4, 0.5) is 0 Å². The molecule has 8 heteroatoms. The topological polar surface area (TPSA) is 90.0 Å². The first-order chi connectivity index (χ1) is 17.1. The lowest BCUT2D eigenvalue weighted by atomic mass is 9.97. The quantitative estimate of drug-likeness (QED) is 0.553. The van der Waals surface area contributed by atoms with Crippen LogP contribution in [0.3, 0.4) is 0 Å². The van der Waals surface area contributed by atoms with Crippen molar-refractivity contribution in [2.24, 2.45) is 0 Å². The molecule has 2 heterocycles. The third-order valence-corrected chi connectivity index (χ3v) is 5.78. The fourth-order valence-corrected chi connectivity index (χ4v) is 4.14. The molecule has 0 aliphatic carbocycles. The number of fused-ring (bicyclic) bond motifs is 2. The van der Waals surface area contributed by atoms with Crippen LogP contribution < -0.4 is 19.5 Å². The minimum atomic E-state index is -0.988. The normalized spacial score (nSPS) is 15.1. The molecule has 188 valence electrons. The second kappa shape index (κ2) is 9.89. The van der Waals surface area contributed by atoms with Gasteiger partial charge < -0.3 is 24.4 Å². The van der Waals surface area contributed by atoms with Crippen LogP contribution in [0.2, 0.25) is 0 Å². The minimum Gasteiger partial charge on any atom is -0.497 e. The lowest BCUT2D eigenvalue weighted by molar-refractivity contribution is -0.127. The number of hydrogen-bond acceptors (Lipinski definition) is 6. The predicted molar refractivity (Wildman–Crippen MR) is 136 cm³/mol. The summed E-state index contributed by atoms with van der Waals surface area (Å²) < 4.78 is 17.1. The Labute approximate surface area is 211 Å². The molecule has 0 saturated carbocycles. The van der Waals surface area contributed by atoms with Crippen LogP contribution >= 0.6 is 0 Å². The van der Waals surface area contributed by atoms with Gasteiger partial charge in [0.2, 0.25) is 11.8 Å². The number of hydrogen-bond donors (Lipinski definition) is 1. The zero-order valence-electron chi connectivity index (χ0n) is 21.4. The van der Waals surface area contributed by atoms with E-state index in [4.69, 9.17) is 14.2 Å². The van der Waals surface area contributed by atoms with Gasteiger partial charge in [0.1, 0.15) is 17.4 Å². The number of rotatable bonds is 5. The van der Waals surface area contributed by atoms with Gasteiger partial charge >= 0.3 is 0 Å². The first-order valence-corrected chi connectivity index (χ1v) is 11.7. The summed E-state index contributed by atoms with van der Waals surface area (Å²) >= 11 is 0. The first-order valence-electron chi connectivity index (χ1n) is 11.7. The summed E-state index contributed by atoms with van der Waals surface area (Å²) in [6.45, 7) is 7.69. The van der Waals surface area contributed by atoms with Gasteiger partial charge in [-0.3, -0.25) is 9.59 Å². The third-order valence-electron chi connectivity index (χ3n) is 5.78. The number of nitrogens with zero attached hydrogens (tertiary/aromatic N) is 2. The van der Waals surface area contributed by atoms with Crippen LogP contribution in [0, 0.1) is 6.92 Å². The molecule has 2 aromatic carbocycles. The van der Waals surface area contributed by atoms with Crippen molar-refractivity contribution in [3.63, 3.8) is 0 Å². The van der Waals surface area contributed by atoms with Crippen LogP contribution in [0.5, 0.6) is 23.1 Å². The molecule has 1 atom stereocenters. The van der Waals surface area contributed by atoms with Gasteiger partial charge in [-0.25, -0.2) is 4.98 Å². The van der Waals surface area contributed by atoms with Crippen molar-refractivity contribution in [2.75, 3.05) is 14.2 Å². The maximum atomic E-state index is 14.0. The Balaban J connectivity index is 1.94. The lowest BCUT2D eigenvalue weighted by Crippen LogP contribution is -2.49. The van der Waals surface area contributed by atoms with E-state index in [0.717, 1.165) is 5.56 Å². The Morgan fingerprint density at radius 1 is 1.06 bits per heavy atom. The van der Waals surface area contributed by atoms with E-state index in [1.165, 1.54) is 7.11 Å². The molecule has 3 aromatic rings. The van der Waals surface area contributed by atoms with Crippen LogP contribution in [0.25, 0.3) is 0 Å². The summed E-state index contributed by atoms with van der Waals surface area (Å²) in [7, 11) is 3.13. The number of carbonyl (C=O) groups excluding carboxylic acids is 2. The van der Waals surface area contributed by atoms with E-state index in [1.807, 2.05) is 52.0 Å². The van der Waals surface area contributed by atoms with E-state index >= 15 is 0 Å². The first kappa shape index (κ1) is 25.0. The van der Waals surface area contributed by atoms with Gasteiger partial charge in [0.05, 0.1) is 14.2 Å². The Bertz CT molecular complexity index is 1280. The average Bonchev–Trinajstić information content (AvgIpc) is 2.82. The van der Waals surface area contributed by atoms with Gasteiger partial charge in [-0.1, -0.05) is 24.3 Å². The molecule has 0 saturated heterocycles. The Hall–Kier alpha value is -4.07. The summed E-state index contributed by atoms with van der Waals surface area (Å²) in [5, 5.41) is 3.04. The standard InChI is InChI=1S/C28H31N3O5/c1-17-10-15-21-26(29-17)36-24-20(8-7-9-22(24)35-6)23(25(32)30-28(2,3)4)31(27(21)33)16-18-11-13-19(34-5)14-12-18/h7-15,23H,16H2,1-6H3,(H,30,32). The van der Waals surface area contributed by atoms with Crippen LogP contribution in [-0.2, 0) is 11.3 Å². The number of pyridine rings is 1. The molecular formula is C28H31N3O5. The SMILES string of the molecule is COc1ccc(CN2C(=O)c3ccc(C)nc3Oc3c(OC)cccc3C2C(=O)NC(C)(C)C)cc1. The molecule has 0 spiro atoms. The largest absolute Gasteiger partial charge is 0.497 e. The monoisotopic (exact) mass is 489 g/mol. The van der Waals surface area contributed by atoms with Crippen LogP contribution in [-0.4, -0.2) is 41.5 Å². The maximum absolute atomic E-state index is 14.0. The zero-order chi connectivity index (χ0) is 26.0. The van der Waals surface area contributed by atoms with E-state index in [2.05, 4.69) is 10.3 Å². The highest BCUT2D eigenvalue weighted by atomic mass is 16.5. The number of aromatic nitrogens is 1. The highest BCUT2D eigenvalue weighted by Crippen LogP contribution is 2.43. The third kappa shape index (κ3) is 5.12. The van der Waals surface area contributed by atoms with Gasteiger partial charge in [-0.15, -0.1) is 0 Å². The van der Waals surface area contributed by atoms with Gasteiger partial charge in [0, 0.05) is 23.3 Å². The number of carbonyl (C=O) groups is 2. The molecule has 2 amide bonds. The summed E-state index contributed by atoms with van der Waals surface area (Å²) in [4.78, 5) is 33.9. The Morgan fingerprint density at radius 2 is 1.78 bits per heavy atom. The predicted octanol–water partition coefficient (Wildman–Crippen LogP) is 4.81. The molecular weight excluding hydrogens is 458 g/mol. The summed E-state index contributed by atoms with van der Waals surface area (Å²) in [5.74, 6) is 0.963. The minimum absolute atomic E-state index is 0.167. The lowest BCUT2D eigenvalue weighted by Gasteiger charge is -2.36. The molecule has 1 N–H and O–H groups in total. The average molecular weight is 490 g/mol. The number of amides is 2. The second-order valence-electron chi connectivity index (χ2n) is 9.71. The summed E-state index contributed by atoms with van der Waals surface area (Å²) in [6, 6.07) is 15.2. The van der Waals surface area contributed by atoms with Gasteiger partial charge in [-0.2, -0.15) is 0 Å². The molecule has 0 fully saturated rings. The number of nitrogens with one attached hydrogen (secondary N) is 1. The molecule has 1 aromatic heterocycles. The number of para-hydroxylation sites is 1. The second-order valence-corrected chi connectivity index (χ2v) is 9.71. The van der Waals surface area contributed by atoms with Crippen LogP contribution in [0.1, 0.15) is 54.0 Å². The van der Waals surface area contributed by atoms with Crippen molar-refractivity contribution < 1.29 is 23.8 Å². The van der Waals surface area contributed by atoms with E-state index in [-0.39, 0.29) is 29.8 Å². The Morgan fingerprint density at radius 3 is 2.42 bits per heavy atom. The number of aryl methyl sites for hydroxylation is 1. The van der Waals surface area contributed by atoms with Crippen molar-refractivity contribution in [3.05, 3.63) is 77.0 Å².